The second-order valence-corrected chi connectivity index (χ2v) is 7.04. The summed E-state index contributed by atoms with van der Waals surface area (Å²) in [5.74, 6) is -0.170. The Balaban J connectivity index is 2.13. The van der Waals surface area contributed by atoms with Gasteiger partial charge >= 0.3 is 0 Å². The first-order valence-electron chi connectivity index (χ1n) is 7.71. The van der Waals surface area contributed by atoms with E-state index in [-0.39, 0.29) is 24.5 Å². The van der Waals surface area contributed by atoms with Crippen LogP contribution in [0.2, 0.25) is 0 Å². The molecule has 2 aromatic rings. The number of fused-ring (bicyclic) bond motifs is 1. The Morgan fingerprint density at radius 2 is 2.04 bits per heavy atom. The molecule has 0 radical (unpaired) electrons. The number of aromatic nitrogens is 1. The summed E-state index contributed by atoms with van der Waals surface area (Å²) in [6.45, 7) is 4.13. The summed E-state index contributed by atoms with van der Waals surface area (Å²) >= 11 is 1.56. The van der Waals surface area contributed by atoms with Gasteiger partial charge in [0.05, 0.1) is 23.5 Å². The van der Waals surface area contributed by atoms with E-state index in [9.17, 15) is 9.59 Å². The molecular weight excluding hydrogens is 324 g/mol. The van der Waals surface area contributed by atoms with Gasteiger partial charge in [-0.1, -0.05) is 12.1 Å². The molecule has 6 nitrogen and oxygen atoms in total. The minimum Gasteiger partial charge on any atom is -0.358 e. The molecule has 1 N–H and O–H groups in total. The van der Waals surface area contributed by atoms with Gasteiger partial charge in [-0.15, -0.1) is 11.3 Å². The summed E-state index contributed by atoms with van der Waals surface area (Å²) in [5, 5.41) is 3.48. The summed E-state index contributed by atoms with van der Waals surface area (Å²) in [5.41, 5.74) is 2.32. The van der Waals surface area contributed by atoms with Gasteiger partial charge in [-0.05, 0) is 26.0 Å². The van der Waals surface area contributed by atoms with Crippen molar-refractivity contribution in [2.45, 2.75) is 20.0 Å². The van der Waals surface area contributed by atoms with E-state index in [1.807, 2.05) is 36.9 Å². The lowest BCUT2D eigenvalue weighted by atomic mass is 10.1. The smallest absolute Gasteiger partial charge is 0.257 e. The van der Waals surface area contributed by atoms with E-state index in [0.29, 0.717) is 5.56 Å². The number of amides is 2. The highest BCUT2D eigenvalue weighted by atomic mass is 32.1. The fourth-order valence-electron chi connectivity index (χ4n) is 2.86. The van der Waals surface area contributed by atoms with Gasteiger partial charge in [0, 0.05) is 19.0 Å². The first-order chi connectivity index (χ1) is 11.4. The van der Waals surface area contributed by atoms with Gasteiger partial charge in [0.15, 0.2) is 6.17 Å². The molecule has 0 aliphatic carbocycles. The van der Waals surface area contributed by atoms with Crippen molar-refractivity contribution >= 4 is 28.8 Å². The number of hydrogen-bond acceptors (Lipinski definition) is 5. The zero-order valence-electron chi connectivity index (χ0n) is 14.2. The van der Waals surface area contributed by atoms with Crippen LogP contribution in [0.4, 0.5) is 5.69 Å². The highest BCUT2D eigenvalue weighted by Gasteiger charge is 2.38. The fourth-order valence-corrected chi connectivity index (χ4v) is 3.94. The van der Waals surface area contributed by atoms with Crippen molar-refractivity contribution in [3.8, 4) is 0 Å². The Hall–Kier alpha value is -2.41. The molecule has 1 aliphatic rings. The molecule has 0 fully saturated rings. The molecule has 1 aliphatic heterocycles. The van der Waals surface area contributed by atoms with Crippen LogP contribution in [0.3, 0.4) is 0 Å². The molecule has 3 rings (SSSR count). The van der Waals surface area contributed by atoms with E-state index in [0.717, 1.165) is 21.3 Å². The van der Waals surface area contributed by atoms with E-state index in [4.69, 9.17) is 0 Å². The summed E-state index contributed by atoms with van der Waals surface area (Å²) in [7, 11) is 3.37. The first-order valence-corrected chi connectivity index (χ1v) is 8.53. The monoisotopic (exact) mass is 344 g/mol. The summed E-state index contributed by atoms with van der Waals surface area (Å²) < 4.78 is 0. The summed E-state index contributed by atoms with van der Waals surface area (Å²) in [6.07, 6.45) is -0.387. The Kier molecular flexibility index (Phi) is 4.28. The molecule has 1 atom stereocenters. The number of rotatable bonds is 3. The van der Waals surface area contributed by atoms with Crippen LogP contribution in [0.15, 0.2) is 24.3 Å². The van der Waals surface area contributed by atoms with Gasteiger partial charge in [0.2, 0.25) is 5.91 Å². The Bertz CT molecular complexity index is 782. The van der Waals surface area contributed by atoms with Gasteiger partial charge in [-0.3, -0.25) is 9.59 Å². The third kappa shape index (κ3) is 2.65. The first kappa shape index (κ1) is 16.4. The molecule has 0 saturated carbocycles. The van der Waals surface area contributed by atoms with Gasteiger partial charge in [-0.25, -0.2) is 4.98 Å². The third-order valence-corrected chi connectivity index (χ3v) is 5.40. The lowest BCUT2D eigenvalue weighted by Gasteiger charge is -2.42. The van der Waals surface area contributed by atoms with E-state index >= 15 is 0 Å². The molecule has 2 amide bonds. The second kappa shape index (κ2) is 6.24. The Morgan fingerprint density at radius 1 is 1.33 bits per heavy atom. The molecule has 0 saturated heterocycles. The molecule has 0 spiro atoms. The number of likely N-dealkylation sites (N-methyl/N-ethyl adjacent to an activating group) is 1. The molecule has 0 bridgehead atoms. The number of hydrogen-bond donors (Lipinski definition) is 1. The van der Waals surface area contributed by atoms with Crippen molar-refractivity contribution in [1.29, 1.82) is 0 Å². The van der Waals surface area contributed by atoms with E-state index in [2.05, 4.69) is 10.3 Å². The number of carbonyl (C=O) groups is 2. The maximum Gasteiger partial charge on any atom is 0.257 e. The van der Waals surface area contributed by atoms with Crippen molar-refractivity contribution in [3.63, 3.8) is 0 Å². The quantitative estimate of drug-likeness (QED) is 0.926. The normalized spacial score (nSPS) is 17.0. The van der Waals surface area contributed by atoms with Crippen molar-refractivity contribution in [1.82, 2.24) is 15.2 Å². The number of benzene rings is 1. The zero-order chi connectivity index (χ0) is 17.4. The van der Waals surface area contributed by atoms with Crippen LogP contribution >= 0.6 is 11.3 Å². The summed E-state index contributed by atoms with van der Waals surface area (Å²) in [4.78, 5) is 34.2. The van der Waals surface area contributed by atoms with Gasteiger partial charge in [0.25, 0.3) is 5.91 Å². The minimum atomic E-state index is -0.387. The molecule has 1 unspecified atom stereocenters. The second-order valence-electron chi connectivity index (χ2n) is 5.80. The predicted molar refractivity (Wildman–Crippen MR) is 94.3 cm³/mol. The highest BCUT2D eigenvalue weighted by molar-refractivity contribution is 7.11. The number of nitrogens with one attached hydrogen (secondary N) is 1. The van der Waals surface area contributed by atoms with Crippen LogP contribution in [0.25, 0.3) is 0 Å². The maximum absolute atomic E-state index is 12.8. The van der Waals surface area contributed by atoms with E-state index in [1.165, 1.54) is 0 Å². The molecular formula is C17H20N4O2S. The lowest BCUT2D eigenvalue weighted by Crippen LogP contribution is -2.50. The average molecular weight is 344 g/mol. The standard InChI is InChI=1S/C17H20N4O2S/c1-10-11(2)24-15(19-10)16-20(4)17(23)12-7-5-6-8-13(12)21(16)9-14(22)18-3/h5-8,16H,9H2,1-4H3,(H,18,22). The molecule has 126 valence electrons. The lowest BCUT2D eigenvalue weighted by molar-refractivity contribution is -0.119. The Labute approximate surface area is 145 Å². The van der Waals surface area contributed by atoms with Gasteiger partial charge in [0.1, 0.15) is 5.01 Å². The fraction of sp³-hybridized carbons (Fsp3) is 0.353. The van der Waals surface area contributed by atoms with Crippen LogP contribution in [-0.2, 0) is 4.79 Å². The zero-order valence-corrected chi connectivity index (χ0v) is 15.0. The number of carbonyl (C=O) groups excluding carboxylic acids is 2. The number of anilines is 1. The Morgan fingerprint density at radius 3 is 2.67 bits per heavy atom. The molecule has 1 aromatic carbocycles. The molecule has 1 aromatic heterocycles. The number of aryl methyl sites for hydroxylation is 2. The van der Waals surface area contributed by atoms with Gasteiger partial charge in [-0.2, -0.15) is 0 Å². The van der Waals surface area contributed by atoms with Crippen molar-refractivity contribution in [2.75, 3.05) is 25.5 Å². The predicted octanol–water partition coefficient (Wildman–Crippen LogP) is 2.10. The molecule has 2 heterocycles. The number of para-hydroxylation sites is 1. The average Bonchev–Trinajstić information content (AvgIpc) is 2.91. The summed E-state index contributed by atoms with van der Waals surface area (Å²) in [6, 6.07) is 7.38. The molecule has 7 heteroatoms. The number of nitrogens with zero attached hydrogens (tertiary/aromatic N) is 3. The van der Waals surface area contributed by atoms with Crippen LogP contribution in [0.1, 0.15) is 32.1 Å². The molecule has 24 heavy (non-hydrogen) atoms. The van der Waals surface area contributed by atoms with Crippen molar-refractivity contribution in [3.05, 3.63) is 45.4 Å². The van der Waals surface area contributed by atoms with Crippen LogP contribution in [0, 0.1) is 13.8 Å². The largest absolute Gasteiger partial charge is 0.358 e. The van der Waals surface area contributed by atoms with E-state index in [1.54, 1.807) is 36.4 Å². The SMILES string of the molecule is CNC(=O)CN1c2ccccc2C(=O)N(C)C1c1nc(C)c(C)s1. The third-order valence-electron chi connectivity index (χ3n) is 4.29. The van der Waals surface area contributed by atoms with Gasteiger partial charge < -0.3 is 15.1 Å². The highest BCUT2D eigenvalue weighted by Crippen LogP contribution is 2.39. The van der Waals surface area contributed by atoms with Crippen molar-refractivity contribution < 1.29 is 9.59 Å². The number of thiazole rings is 1. The van der Waals surface area contributed by atoms with Crippen molar-refractivity contribution in [2.24, 2.45) is 0 Å². The van der Waals surface area contributed by atoms with Crippen LogP contribution < -0.4 is 10.2 Å². The maximum atomic E-state index is 12.8. The van der Waals surface area contributed by atoms with E-state index < -0.39 is 0 Å². The van der Waals surface area contributed by atoms with Crippen LogP contribution in [-0.4, -0.2) is 42.3 Å². The topological polar surface area (TPSA) is 65.5 Å². The van der Waals surface area contributed by atoms with Crippen LogP contribution in [0.5, 0.6) is 0 Å². The minimum absolute atomic E-state index is 0.0609.